The number of aliphatic hydroxyl groups excluding tert-OH is 2. The topological polar surface area (TPSA) is 125 Å². The van der Waals surface area contributed by atoms with Crippen LogP contribution in [0.15, 0.2) is 30.6 Å². The number of carbonyl (C=O) groups excluding carboxylic acids is 1. The molecule has 2 aliphatic rings. The maximum Gasteiger partial charge on any atom is 0.229 e. The standard InChI is InChI=1S/C20H20Cl2N6O3/c1-23-18(31)20-6-11(20)13(14(29)15(20)30)28-8-25-12-16(26-19(22)27-17(12)28)24-7-9-3-2-4-10(21)5-9/h2-5,8,11,13-15,29-30H,6-7H2,1H3,(H,23,31)(H,24,26,27)/t11-,13+,14+,15-,20+/m1/s1. The molecule has 0 radical (unpaired) electrons. The molecule has 2 aromatic heterocycles. The van der Waals surface area contributed by atoms with Crippen molar-refractivity contribution in [3.63, 3.8) is 0 Å². The molecule has 0 saturated heterocycles. The summed E-state index contributed by atoms with van der Waals surface area (Å²) in [5, 5.41) is 27.8. The number of halogens is 2. The largest absolute Gasteiger partial charge is 0.389 e. The number of hydrogen-bond acceptors (Lipinski definition) is 7. The minimum absolute atomic E-state index is 0.0178. The lowest BCUT2D eigenvalue weighted by molar-refractivity contribution is -0.132. The lowest BCUT2D eigenvalue weighted by atomic mass is 9.98. The summed E-state index contributed by atoms with van der Waals surface area (Å²) < 4.78 is 1.68. The molecule has 4 N–H and O–H groups in total. The van der Waals surface area contributed by atoms with Crippen molar-refractivity contribution in [3.8, 4) is 0 Å². The third kappa shape index (κ3) is 3.07. The number of nitrogens with zero attached hydrogens (tertiary/aromatic N) is 4. The number of rotatable bonds is 5. The number of amides is 1. The lowest BCUT2D eigenvalue weighted by Crippen LogP contribution is -2.41. The summed E-state index contributed by atoms with van der Waals surface area (Å²) in [6.45, 7) is 0.447. The summed E-state index contributed by atoms with van der Waals surface area (Å²) in [6.07, 6.45) is -0.282. The van der Waals surface area contributed by atoms with E-state index in [-0.39, 0.29) is 17.1 Å². The molecule has 9 nitrogen and oxygen atoms in total. The van der Waals surface area contributed by atoms with Gasteiger partial charge in [0, 0.05) is 24.5 Å². The molecule has 2 saturated carbocycles. The Hall–Kier alpha value is -2.46. The van der Waals surface area contributed by atoms with Crippen molar-refractivity contribution >= 4 is 46.1 Å². The van der Waals surface area contributed by atoms with Crippen molar-refractivity contribution in [1.82, 2.24) is 24.8 Å². The Bertz CT molecular complexity index is 1190. The van der Waals surface area contributed by atoms with E-state index >= 15 is 0 Å². The van der Waals surface area contributed by atoms with E-state index in [1.54, 1.807) is 17.0 Å². The van der Waals surface area contributed by atoms with E-state index in [4.69, 9.17) is 23.2 Å². The number of hydrogen-bond donors (Lipinski definition) is 4. The molecule has 5 rings (SSSR count). The molecular formula is C20H20Cl2N6O3. The average Bonchev–Trinajstić information content (AvgIpc) is 3.29. The lowest BCUT2D eigenvalue weighted by Gasteiger charge is -2.23. The molecule has 31 heavy (non-hydrogen) atoms. The average molecular weight is 463 g/mol. The van der Waals surface area contributed by atoms with Gasteiger partial charge in [0.15, 0.2) is 17.0 Å². The van der Waals surface area contributed by atoms with Crippen molar-refractivity contribution in [3.05, 3.63) is 46.5 Å². The van der Waals surface area contributed by atoms with Gasteiger partial charge in [0.1, 0.15) is 6.10 Å². The van der Waals surface area contributed by atoms with Crippen LogP contribution in [0.5, 0.6) is 0 Å². The Morgan fingerprint density at radius 3 is 2.87 bits per heavy atom. The van der Waals surface area contributed by atoms with Gasteiger partial charge in [-0.1, -0.05) is 23.7 Å². The van der Waals surface area contributed by atoms with Crippen LogP contribution >= 0.6 is 23.2 Å². The van der Waals surface area contributed by atoms with E-state index in [1.807, 2.05) is 18.2 Å². The van der Waals surface area contributed by atoms with E-state index in [9.17, 15) is 15.0 Å². The third-order valence-electron chi connectivity index (χ3n) is 6.39. The summed E-state index contributed by atoms with van der Waals surface area (Å²) in [5.41, 5.74) is 0.869. The number of anilines is 1. The van der Waals surface area contributed by atoms with Crippen molar-refractivity contribution in [2.45, 2.75) is 31.2 Å². The first-order chi connectivity index (χ1) is 14.9. The molecule has 2 heterocycles. The predicted octanol–water partition coefficient (Wildman–Crippen LogP) is 1.77. The van der Waals surface area contributed by atoms with Gasteiger partial charge in [-0.05, 0) is 35.7 Å². The summed E-state index contributed by atoms with van der Waals surface area (Å²) >= 11 is 12.2. The normalized spacial score (nSPS) is 29.1. The van der Waals surface area contributed by atoms with Gasteiger partial charge in [-0.3, -0.25) is 4.79 Å². The minimum atomic E-state index is -1.17. The van der Waals surface area contributed by atoms with Crippen molar-refractivity contribution in [2.24, 2.45) is 11.3 Å². The zero-order chi connectivity index (χ0) is 21.9. The number of aliphatic hydroxyl groups is 2. The highest BCUT2D eigenvalue weighted by Crippen LogP contribution is 2.67. The van der Waals surface area contributed by atoms with Crippen LogP contribution in [0.2, 0.25) is 10.3 Å². The number of benzene rings is 1. The second kappa shape index (κ2) is 7.30. The van der Waals surface area contributed by atoms with Crippen LogP contribution in [0.25, 0.3) is 11.2 Å². The monoisotopic (exact) mass is 462 g/mol. The second-order valence-electron chi connectivity index (χ2n) is 8.00. The van der Waals surface area contributed by atoms with Crippen molar-refractivity contribution in [1.29, 1.82) is 0 Å². The molecule has 0 bridgehead atoms. The summed E-state index contributed by atoms with van der Waals surface area (Å²) in [7, 11) is 1.52. The molecule has 1 aromatic carbocycles. The summed E-state index contributed by atoms with van der Waals surface area (Å²) in [4.78, 5) is 25.4. The van der Waals surface area contributed by atoms with Crippen LogP contribution in [-0.2, 0) is 11.3 Å². The van der Waals surface area contributed by atoms with Crippen LogP contribution in [0, 0.1) is 11.3 Å². The number of aromatic nitrogens is 4. The van der Waals surface area contributed by atoms with Crippen LogP contribution in [0.1, 0.15) is 18.0 Å². The molecule has 1 amide bonds. The molecule has 0 spiro atoms. The zero-order valence-corrected chi connectivity index (χ0v) is 18.0. The highest BCUT2D eigenvalue weighted by Gasteiger charge is 2.75. The molecule has 162 valence electrons. The maximum atomic E-state index is 12.4. The number of nitrogens with one attached hydrogen (secondary N) is 2. The van der Waals surface area contributed by atoms with Gasteiger partial charge in [0.2, 0.25) is 11.2 Å². The van der Waals surface area contributed by atoms with Gasteiger partial charge in [-0.25, -0.2) is 4.98 Å². The van der Waals surface area contributed by atoms with Crippen molar-refractivity contribution in [2.75, 3.05) is 12.4 Å². The molecule has 2 aliphatic carbocycles. The summed E-state index contributed by atoms with van der Waals surface area (Å²) in [6, 6.07) is 6.88. The fraction of sp³-hybridized carbons (Fsp3) is 0.400. The molecule has 0 aliphatic heterocycles. The minimum Gasteiger partial charge on any atom is -0.389 e. The Morgan fingerprint density at radius 2 is 2.13 bits per heavy atom. The van der Waals surface area contributed by atoms with E-state index in [1.165, 1.54) is 7.05 Å². The van der Waals surface area contributed by atoms with Gasteiger partial charge >= 0.3 is 0 Å². The van der Waals surface area contributed by atoms with Crippen LogP contribution < -0.4 is 10.6 Å². The van der Waals surface area contributed by atoms with Crippen LogP contribution in [0.3, 0.4) is 0 Å². The summed E-state index contributed by atoms with van der Waals surface area (Å²) in [5.74, 6) is -0.0610. The smallest absolute Gasteiger partial charge is 0.229 e. The Labute approximate surface area is 187 Å². The van der Waals surface area contributed by atoms with Gasteiger partial charge in [0.25, 0.3) is 0 Å². The van der Waals surface area contributed by atoms with Gasteiger partial charge in [-0.2, -0.15) is 9.97 Å². The van der Waals surface area contributed by atoms with Crippen LogP contribution in [0.4, 0.5) is 5.82 Å². The Kier molecular flexibility index (Phi) is 4.82. The number of fused-ring (bicyclic) bond motifs is 2. The Morgan fingerprint density at radius 1 is 1.32 bits per heavy atom. The zero-order valence-electron chi connectivity index (χ0n) is 16.5. The first-order valence-corrected chi connectivity index (χ1v) is 10.6. The van der Waals surface area contributed by atoms with Crippen molar-refractivity contribution < 1.29 is 15.0 Å². The molecule has 5 atom stereocenters. The molecule has 0 unspecified atom stereocenters. The first-order valence-electron chi connectivity index (χ1n) is 9.83. The SMILES string of the molecule is CNC(=O)[C@@]12C[C@@H]1[C@H](n1cnc3c(NCc4cccc(Cl)c4)nc(Cl)nc31)[C@H](O)[C@H]2O. The van der Waals surface area contributed by atoms with Gasteiger partial charge < -0.3 is 25.4 Å². The second-order valence-corrected chi connectivity index (χ2v) is 8.78. The first kappa shape index (κ1) is 20.4. The molecular weight excluding hydrogens is 443 g/mol. The fourth-order valence-corrected chi connectivity index (χ4v) is 5.23. The fourth-order valence-electron chi connectivity index (χ4n) is 4.85. The van der Waals surface area contributed by atoms with E-state index < -0.39 is 23.7 Å². The van der Waals surface area contributed by atoms with E-state index in [0.29, 0.717) is 35.0 Å². The van der Waals surface area contributed by atoms with Crippen LogP contribution in [-0.4, -0.2) is 54.9 Å². The number of imidazole rings is 1. The van der Waals surface area contributed by atoms with Gasteiger partial charge in [-0.15, -0.1) is 0 Å². The van der Waals surface area contributed by atoms with E-state index in [0.717, 1.165) is 5.56 Å². The quantitative estimate of drug-likeness (QED) is 0.425. The highest BCUT2D eigenvalue weighted by atomic mass is 35.5. The maximum absolute atomic E-state index is 12.4. The molecule has 11 heteroatoms. The Balaban J connectivity index is 1.49. The van der Waals surface area contributed by atoms with Gasteiger partial charge in [0.05, 0.1) is 23.9 Å². The van der Waals surface area contributed by atoms with E-state index in [2.05, 4.69) is 25.6 Å². The predicted molar refractivity (Wildman–Crippen MR) is 115 cm³/mol. The molecule has 3 aromatic rings. The third-order valence-corrected chi connectivity index (χ3v) is 6.79. The number of carbonyl (C=O) groups is 1. The molecule has 2 fully saturated rings. The highest BCUT2D eigenvalue weighted by molar-refractivity contribution is 6.30.